The summed E-state index contributed by atoms with van der Waals surface area (Å²) in [5.74, 6) is 3.79. The van der Waals surface area contributed by atoms with E-state index in [2.05, 4.69) is 15.7 Å². The van der Waals surface area contributed by atoms with E-state index in [0.717, 1.165) is 6.20 Å². The van der Waals surface area contributed by atoms with Crippen molar-refractivity contribution in [2.75, 3.05) is 0 Å². The Kier molecular flexibility index (Phi) is 4.22. The molecule has 0 aliphatic carbocycles. The summed E-state index contributed by atoms with van der Waals surface area (Å²) in [6.07, 6.45) is -6.06. The molecule has 0 saturated carbocycles. The number of carbonyl (C=O) groups is 1. The van der Waals surface area contributed by atoms with Crippen molar-refractivity contribution < 1.29 is 22.8 Å². The van der Waals surface area contributed by atoms with Crippen LogP contribution in [-0.2, 0) is 4.84 Å². The molecule has 100 valence electrons. The van der Waals surface area contributed by atoms with E-state index in [9.17, 15) is 18.0 Å². The Morgan fingerprint density at radius 1 is 1.39 bits per heavy atom. The van der Waals surface area contributed by atoms with Crippen LogP contribution in [0.2, 0.25) is 0 Å². The van der Waals surface area contributed by atoms with Crippen molar-refractivity contribution in [3.05, 3.63) is 29.6 Å². The molecule has 0 bridgehead atoms. The van der Waals surface area contributed by atoms with Crippen molar-refractivity contribution in [2.45, 2.75) is 18.3 Å². The van der Waals surface area contributed by atoms with E-state index in [4.69, 9.17) is 11.5 Å². The Balaban J connectivity index is 2.96. The van der Waals surface area contributed by atoms with E-state index < -0.39 is 24.2 Å². The average Bonchev–Trinajstić information content (AvgIpc) is 2.28. The lowest BCUT2D eigenvalue weighted by Gasteiger charge is -2.24. The van der Waals surface area contributed by atoms with E-state index in [0.29, 0.717) is 0 Å². The molecule has 1 unspecified atom stereocenters. The highest BCUT2D eigenvalue weighted by molar-refractivity contribution is 5.90. The third-order valence-electron chi connectivity index (χ3n) is 2.22. The highest BCUT2D eigenvalue weighted by Gasteiger charge is 2.45. The molecule has 0 saturated heterocycles. The van der Waals surface area contributed by atoms with Crippen molar-refractivity contribution in [1.82, 2.24) is 4.98 Å². The number of alkyl halides is 3. The SMILES string of the molecule is NO[C@H](C(N)c1ccc(C(N)=O)nc1)C(F)(F)F. The van der Waals surface area contributed by atoms with Gasteiger partial charge in [0.15, 0.2) is 6.10 Å². The van der Waals surface area contributed by atoms with Crippen LogP contribution in [-0.4, -0.2) is 23.2 Å². The lowest BCUT2D eigenvalue weighted by atomic mass is 10.0. The minimum absolute atomic E-state index is 0.0211. The maximum absolute atomic E-state index is 12.5. The van der Waals surface area contributed by atoms with Crippen LogP contribution in [0.15, 0.2) is 18.3 Å². The van der Waals surface area contributed by atoms with Crippen molar-refractivity contribution in [2.24, 2.45) is 17.4 Å². The van der Waals surface area contributed by atoms with Gasteiger partial charge in [-0.2, -0.15) is 13.2 Å². The largest absolute Gasteiger partial charge is 0.418 e. The molecule has 9 heteroatoms. The molecule has 0 aliphatic rings. The molecule has 1 aromatic rings. The summed E-state index contributed by atoms with van der Waals surface area (Å²) in [6, 6.07) is 0.821. The Hall–Kier alpha value is -1.71. The molecule has 0 aromatic carbocycles. The Labute approximate surface area is 99.9 Å². The molecule has 2 atom stereocenters. The van der Waals surface area contributed by atoms with E-state index >= 15 is 0 Å². The van der Waals surface area contributed by atoms with Crippen LogP contribution in [0.25, 0.3) is 0 Å². The summed E-state index contributed by atoms with van der Waals surface area (Å²) in [4.78, 5) is 18.2. The third kappa shape index (κ3) is 3.15. The van der Waals surface area contributed by atoms with Crippen LogP contribution in [0.5, 0.6) is 0 Å². The van der Waals surface area contributed by atoms with Crippen molar-refractivity contribution in [3.8, 4) is 0 Å². The zero-order valence-corrected chi connectivity index (χ0v) is 9.02. The highest BCUT2D eigenvalue weighted by Crippen LogP contribution is 2.30. The van der Waals surface area contributed by atoms with Gasteiger partial charge in [-0.05, 0) is 11.6 Å². The standard InChI is InChI=1S/C9H11F3N4O2/c10-9(11,12)7(18-15)6(13)4-1-2-5(8(14)17)16-3-4/h1-3,6-7H,13,15H2,(H2,14,17)/t6?,7-/m1/s1. The van der Waals surface area contributed by atoms with E-state index in [1.807, 2.05) is 0 Å². The molecular formula is C9H11F3N4O2. The number of hydrogen-bond donors (Lipinski definition) is 3. The number of primary amides is 1. The first-order valence-corrected chi connectivity index (χ1v) is 4.71. The normalized spacial score (nSPS) is 15.2. The second kappa shape index (κ2) is 5.29. The molecule has 1 heterocycles. The second-order valence-corrected chi connectivity index (χ2v) is 3.47. The van der Waals surface area contributed by atoms with Crippen LogP contribution in [0.1, 0.15) is 22.1 Å². The molecule has 6 N–H and O–H groups in total. The number of pyridine rings is 1. The lowest BCUT2D eigenvalue weighted by molar-refractivity contribution is -0.228. The Morgan fingerprint density at radius 2 is 2.00 bits per heavy atom. The van der Waals surface area contributed by atoms with Gasteiger partial charge in [0.1, 0.15) is 5.69 Å². The molecule has 1 amide bonds. The van der Waals surface area contributed by atoms with Gasteiger partial charge in [0.2, 0.25) is 0 Å². The molecule has 0 fully saturated rings. The van der Waals surface area contributed by atoms with Crippen molar-refractivity contribution >= 4 is 5.91 Å². The zero-order chi connectivity index (χ0) is 13.9. The second-order valence-electron chi connectivity index (χ2n) is 3.47. The number of hydrogen-bond acceptors (Lipinski definition) is 5. The summed E-state index contributed by atoms with van der Waals surface area (Å²) in [7, 11) is 0. The summed E-state index contributed by atoms with van der Waals surface area (Å²) in [5, 5.41) is 0. The smallest absolute Gasteiger partial charge is 0.364 e. The van der Waals surface area contributed by atoms with Gasteiger partial charge in [-0.15, -0.1) is 0 Å². The fourth-order valence-electron chi connectivity index (χ4n) is 1.29. The van der Waals surface area contributed by atoms with E-state index in [-0.39, 0.29) is 11.3 Å². The topological polar surface area (TPSA) is 117 Å². The summed E-state index contributed by atoms with van der Waals surface area (Å²) in [5.41, 5.74) is 10.3. The number of nitrogens with zero attached hydrogens (tertiary/aromatic N) is 1. The van der Waals surface area contributed by atoms with Crippen LogP contribution < -0.4 is 17.4 Å². The first-order chi connectivity index (χ1) is 8.27. The molecule has 0 radical (unpaired) electrons. The van der Waals surface area contributed by atoms with Crippen molar-refractivity contribution in [1.29, 1.82) is 0 Å². The number of halogens is 3. The number of nitrogens with two attached hydrogens (primary N) is 3. The van der Waals surface area contributed by atoms with Gasteiger partial charge < -0.3 is 11.5 Å². The predicted octanol–water partition coefficient (Wildman–Crippen LogP) is 0.00150. The van der Waals surface area contributed by atoms with Gasteiger partial charge in [0, 0.05) is 6.20 Å². The molecule has 1 aromatic heterocycles. The van der Waals surface area contributed by atoms with Crippen LogP contribution >= 0.6 is 0 Å². The first kappa shape index (κ1) is 14.4. The van der Waals surface area contributed by atoms with Gasteiger partial charge in [-0.25, -0.2) is 5.90 Å². The fraction of sp³-hybridized carbons (Fsp3) is 0.333. The molecule has 0 aliphatic heterocycles. The number of aromatic nitrogens is 1. The maximum Gasteiger partial charge on any atom is 0.418 e. The number of amides is 1. The minimum Gasteiger partial charge on any atom is -0.364 e. The van der Waals surface area contributed by atoms with E-state index in [1.165, 1.54) is 12.1 Å². The van der Waals surface area contributed by atoms with E-state index in [1.54, 1.807) is 0 Å². The maximum atomic E-state index is 12.5. The summed E-state index contributed by atoms with van der Waals surface area (Å²) in [6.45, 7) is 0. The molecule has 18 heavy (non-hydrogen) atoms. The Morgan fingerprint density at radius 3 is 2.33 bits per heavy atom. The highest BCUT2D eigenvalue weighted by atomic mass is 19.4. The minimum atomic E-state index is -4.71. The third-order valence-corrected chi connectivity index (χ3v) is 2.22. The fourth-order valence-corrected chi connectivity index (χ4v) is 1.29. The van der Waals surface area contributed by atoms with Crippen molar-refractivity contribution in [3.63, 3.8) is 0 Å². The van der Waals surface area contributed by atoms with Gasteiger partial charge in [-0.1, -0.05) is 6.07 Å². The Bertz CT molecular complexity index is 421. The van der Waals surface area contributed by atoms with Gasteiger partial charge in [0.25, 0.3) is 5.91 Å². The monoisotopic (exact) mass is 264 g/mol. The van der Waals surface area contributed by atoms with Gasteiger partial charge >= 0.3 is 6.18 Å². The van der Waals surface area contributed by atoms with Crippen LogP contribution in [0.4, 0.5) is 13.2 Å². The summed E-state index contributed by atoms with van der Waals surface area (Å²) >= 11 is 0. The van der Waals surface area contributed by atoms with Crippen LogP contribution in [0, 0.1) is 0 Å². The number of carbonyl (C=O) groups excluding carboxylic acids is 1. The van der Waals surface area contributed by atoms with Gasteiger partial charge in [0.05, 0.1) is 6.04 Å². The summed E-state index contributed by atoms with van der Waals surface area (Å²) < 4.78 is 37.5. The first-order valence-electron chi connectivity index (χ1n) is 4.71. The molecular weight excluding hydrogens is 253 g/mol. The molecule has 6 nitrogen and oxygen atoms in total. The predicted molar refractivity (Wildman–Crippen MR) is 54.8 cm³/mol. The van der Waals surface area contributed by atoms with Crippen LogP contribution in [0.3, 0.4) is 0 Å². The molecule has 0 spiro atoms. The average molecular weight is 264 g/mol. The van der Waals surface area contributed by atoms with Gasteiger partial charge in [-0.3, -0.25) is 14.6 Å². The lowest BCUT2D eigenvalue weighted by Crippen LogP contribution is -2.42. The number of rotatable bonds is 4. The quantitative estimate of drug-likeness (QED) is 0.662. The zero-order valence-electron chi connectivity index (χ0n) is 9.02. The molecule has 1 rings (SSSR count).